The molecule has 2 aliphatic rings. The van der Waals surface area contributed by atoms with Crippen molar-refractivity contribution in [1.29, 1.82) is 5.26 Å². The summed E-state index contributed by atoms with van der Waals surface area (Å²) >= 11 is 3.58. The fourth-order valence-electron chi connectivity index (χ4n) is 4.71. The molecule has 1 aliphatic heterocycles. The molecule has 2 N–H and O–H groups in total. The second-order valence-electron chi connectivity index (χ2n) is 9.42. The molecule has 8 heteroatoms. The average molecular weight is 511 g/mol. The van der Waals surface area contributed by atoms with Crippen LogP contribution in [0.25, 0.3) is 0 Å². The third-order valence-corrected chi connectivity index (χ3v) is 7.47. The first-order valence-corrected chi connectivity index (χ1v) is 11.6. The van der Waals surface area contributed by atoms with Gasteiger partial charge in [-0.1, -0.05) is 19.9 Å². The Kier molecular flexibility index (Phi) is 5.87. The van der Waals surface area contributed by atoms with Gasteiger partial charge in [0.2, 0.25) is 5.88 Å². The van der Waals surface area contributed by atoms with Crippen molar-refractivity contribution < 1.29 is 14.3 Å². The fraction of sp³-hybridized carbons (Fsp3) is 0.400. The zero-order valence-corrected chi connectivity index (χ0v) is 21.0. The van der Waals surface area contributed by atoms with Crippen LogP contribution in [0.4, 0.5) is 0 Å². The van der Waals surface area contributed by atoms with Gasteiger partial charge < -0.3 is 15.2 Å². The highest BCUT2D eigenvalue weighted by molar-refractivity contribution is 9.10. The summed E-state index contributed by atoms with van der Waals surface area (Å²) in [5.41, 5.74) is 10.3. The number of hydrogen-bond acceptors (Lipinski definition) is 6. The summed E-state index contributed by atoms with van der Waals surface area (Å²) in [5.74, 6) is 0.755. The lowest BCUT2D eigenvalue weighted by Gasteiger charge is -2.37. The van der Waals surface area contributed by atoms with Crippen molar-refractivity contribution >= 4 is 21.7 Å². The van der Waals surface area contributed by atoms with Gasteiger partial charge in [-0.05, 0) is 52.9 Å². The first-order chi connectivity index (χ1) is 15.6. The van der Waals surface area contributed by atoms with E-state index in [0.717, 1.165) is 27.0 Å². The van der Waals surface area contributed by atoms with Gasteiger partial charge in [-0.15, -0.1) is 0 Å². The van der Waals surface area contributed by atoms with E-state index < -0.39 is 5.92 Å². The quantitative estimate of drug-likeness (QED) is 0.635. The van der Waals surface area contributed by atoms with Crippen LogP contribution in [0.1, 0.15) is 55.1 Å². The highest BCUT2D eigenvalue weighted by Gasteiger charge is 2.43. The van der Waals surface area contributed by atoms with Crippen LogP contribution in [0.2, 0.25) is 0 Å². The summed E-state index contributed by atoms with van der Waals surface area (Å²) in [6.07, 6.45) is 0.986. The van der Waals surface area contributed by atoms with Crippen molar-refractivity contribution in [2.45, 2.75) is 53.0 Å². The number of nitrogens with zero attached hydrogens (tertiary/aromatic N) is 3. The number of ether oxygens (including phenoxy) is 2. The van der Waals surface area contributed by atoms with Crippen molar-refractivity contribution in [1.82, 2.24) is 9.78 Å². The van der Waals surface area contributed by atoms with E-state index in [1.54, 1.807) is 7.11 Å². The standard InChI is InChI=1S/C25H27BrN4O3/c1-13-23(26)14(2)30(29-13)12-16-8-15(6-7-19(16)32-5)21-17(11-27)24(28)33-20-10-25(3,4)9-18(31)22(20)21/h6-8,21H,9-10,12,28H2,1-5H3/t21-/m1/s1. The van der Waals surface area contributed by atoms with Crippen molar-refractivity contribution in [3.05, 3.63) is 68.0 Å². The second kappa shape index (κ2) is 8.38. The Labute approximate surface area is 202 Å². The first kappa shape index (κ1) is 23.1. The van der Waals surface area contributed by atoms with Crippen LogP contribution in [0.5, 0.6) is 5.75 Å². The summed E-state index contributed by atoms with van der Waals surface area (Å²) in [5, 5.41) is 14.5. The molecule has 0 bridgehead atoms. The Morgan fingerprint density at radius 1 is 1.36 bits per heavy atom. The van der Waals surface area contributed by atoms with E-state index in [-0.39, 0.29) is 22.7 Å². The highest BCUT2D eigenvalue weighted by atomic mass is 79.9. The summed E-state index contributed by atoms with van der Waals surface area (Å²) in [6.45, 7) is 8.48. The molecule has 33 heavy (non-hydrogen) atoms. The van der Waals surface area contributed by atoms with Crippen LogP contribution in [0.15, 0.2) is 45.5 Å². The number of Topliss-reactive ketones (excluding diaryl/α,β-unsaturated/α-hetero) is 1. The van der Waals surface area contributed by atoms with E-state index in [9.17, 15) is 10.1 Å². The van der Waals surface area contributed by atoms with Gasteiger partial charge >= 0.3 is 0 Å². The molecule has 1 aromatic heterocycles. The summed E-state index contributed by atoms with van der Waals surface area (Å²) in [4.78, 5) is 13.2. The lowest BCUT2D eigenvalue weighted by atomic mass is 9.70. The number of rotatable bonds is 4. The van der Waals surface area contributed by atoms with Gasteiger partial charge in [0.25, 0.3) is 0 Å². The normalized spacial score (nSPS) is 19.8. The van der Waals surface area contributed by atoms with Gasteiger partial charge in [-0.3, -0.25) is 9.48 Å². The van der Waals surface area contributed by atoms with E-state index in [4.69, 9.17) is 15.2 Å². The van der Waals surface area contributed by atoms with Gasteiger partial charge in [-0.25, -0.2) is 0 Å². The van der Waals surface area contributed by atoms with E-state index in [2.05, 4.69) is 27.1 Å². The van der Waals surface area contributed by atoms with Crippen LogP contribution < -0.4 is 10.5 Å². The molecule has 2 heterocycles. The predicted molar refractivity (Wildman–Crippen MR) is 127 cm³/mol. The van der Waals surface area contributed by atoms with Crippen LogP contribution in [-0.2, 0) is 16.1 Å². The SMILES string of the molecule is COc1ccc([C@@H]2C(C#N)=C(N)OC3=C2C(=O)CC(C)(C)C3)cc1Cn1nc(C)c(Br)c1C. The van der Waals surface area contributed by atoms with Crippen molar-refractivity contribution in [3.63, 3.8) is 0 Å². The Balaban J connectivity index is 1.84. The van der Waals surface area contributed by atoms with Crippen LogP contribution >= 0.6 is 15.9 Å². The number of aryl methyl sites for hydroxylation is 1. The van der Waals surface area contributed by atoms with Gasteiger partial charge in [0, 0.05) is 24.0 Å². The van der Waals surface area contributed by atoms with Gasteiger partial charge in [0.15, 0.2) is 5.78 Å². The molecule has 4 rings (SSSR count). The number of nitriles is 1. The minimum atomic E-state index is -0.570. The molecule has 2 aromatic rings. The molecule has 172 valence electrons. The highest BCUT2D eigenvalue weighted by Crippen LogP contribution is 2.48. The number of nitrogens with two attached hydrogens (primary N) is 1. The second-order valence-corrected chi connectivity index (χ2v) is 10.2. The largest absolute Gasteiger partial charge is 0.496 e. The molecule has 0 unspecified atom stereocenters. The molecule has 0 saturated carbocycles. The number of hydrogen-bond donors (Lipinski definition) is 1. The topological polar surface area (TPSA) is 103 Å². The van der Waals surface area contributed by atoms with E-state index in [0.29, 0.717) is 36.5 Å². The monoisotopic (exact) mass is 510 g/mol. The number of carbonyl (C=O) groups excluding carboxylic acids is 1. The van der Waals surface area contributed by atoms with E-state index in [1.165, 1.54) is 0 Å². The van der Waals surface area contributed by atoms with Crippen molar-refractivity contribution in [3.8, 4) is 11.8 Å². The smallest absolute Gasteiger partial charge is 0.205 e. The molecule has 0 saturated heterocycles. The van der Waals surface area contributed by atoms with E-state index in [1.807, 2.05) is 50.6 Å². The summed E-state index contributed by atoms with van der Waals surface area (Å²) in [7, 11) is 1.62. The van der Waals surface area contributed by atoms with Gasteiger partial charge in [0.05, 0.1) is 35.4 Å². The fourth-order valence-corrected chi connectivity index (χ4v) is 4.99. The maximum Gasteiger partial charge on any atom is 0.205 e. The number of methoxy groups -OCH3 is 1. The maximum absolute atomic E-state index is 13.2. The molecule has 1 aliphatic carbocycles. The average Bonchev–Trinajstić information content (AvgIpc) is 2.98. The minimum absolute atomic E-state index is 0.00801. The molecule has 0 radical (unpaired) electrons. The number of benzene rings is 1. The molecular weight excluding hydrogens is 484 g/mol. The molecule has 0 spiro atoms. The maximum atomic E-state index is 13.2. The Morgan fingerprint density at radius 3 is 2.70 bits per heavy atom. The number of ketones is 1. The molecule has 0 fully saturated rings. The Morgan fingerprint density at radius 2 is 2.09 bits per heavy atom. The number of aromatic nitrogens is 2. The zero-order valence-electron chi connectivity index (χ0n) is 19.5. The van der Waals surface area contributed by atoms with Crippen molar-refractivity contribution in [2.24, 2.45) is 11.1 Å². The molecule has 1 aromatic carbocycles. The van der Waals surface area contributed by atoms with Crippen LogP contribution in [0, 0.1) is 30.6 Å². The van der Waals surface area contributed by atoms with Crippen LogP contribution in [-0.4, -0.2) is 22.7 Å². The van der Waals surface area contributed by atoms with Crippen molar-refractivity contribution in [2.75, 3.05) is 7.11 Å². The third-order valence-electron chi connectivity index (χ3n) is 6.33. The molecule has 1 atom stereocenters. The Bertz CT molecular complexity index is 1260. The summed E-state index contributed by atoms with van der Waals surface area (Å²) in [6, 6.07) is 7.91. The first-order valence-electron chi connectivity index (χ1n) is 10.8. The molecular formula is C25H27BrN4O3. The Hall–Kier alpha value is -3.05. The number of carbonyl (C=O) groups is 1. The van der Waals surface area contributed by atoms with Gasteiger partial charge in [-0.2, -0.15) is 10.4 Å². The van der Waals surface area contributed by atoms with E-state index >= 15 is 0 Å². The number of allylic oxidation sites excluding steroid dienone is 3. The molecule has 7 nitrogen and oxygen atoms in total. The molecule has 0 amide bonds. The lowest BCUT2D eigenvalue weighted by Crippen LogP contribution is -2.33. The van der Waals surface area contributed by atoms with Crippen LogP contribution in [0.3, 0.4) is 0 Å². The number of halogens is 1. The third kappa shape index (κ3) is 4.06. The summed E-state index contributed by atoms with van der Waals surface area (Å²) < 4.78 is 14.3. The predicted octanol–water partition coefficient (Wildman–Crippen LogP) is 4.77. The van der Waals surface area contributed by atoms with Gasteiger partial charge in [0.1, 0.15) is 23.2 Å². The minimum Gasteiger partial charge on any atom is -0.496 e. The lowest BCUT2D eigenvalue weighted by molar-refractivity contribution is -0.119. The zero-order chi connectivity index (χ0) is 24.1.